The molecule has 0 saturated heterocycles. The van der Waals surface area contributed by atoms with Crippen LogP contribution in [0.15, 0.2) is 72.8 Å². The predicted octanol–water partition coefficient (Wildman–Crippen LogP) is 5.51. The van der Waals surface area contributed by atoms with E-state index in [9.17, 15) is 14.0 Å². The Bertz CT molecular complexity index is 1370. The quantitative estimate of drug-likeness (QED) is 0.385. The van der Waals surface area contributed by atoms with Gasteiger partial charge in [0.1, 0.15) is 11.6 Å². The number of nitrogens with one attached hydrogen (secondary N) is 2. The van der Waals surface area contributed by atoms with Gasteiger partial charge in [-0.15, -0.1) is 0 Å². The maximum absolute atomic E-state index is 14.7. The van der Waals surface area contributed by atoms with E-state index in [4.69, 9.17) is 11.6 Å². The van der Waals surface area contributed by atoms with E-state index in [1.807, 2.05) is 31.2 Å². The summed E-state index contributed by atoms with van der Waals surface area (Å²) in [4.78, 5) is 25.4. The van der Waals surface area contributed by atoms with E-state index in [2.05, 4.69) is 15.7 Å². The van der Waals surface area contributed by atoms with E-state index in [-0.39, 0.29) is 27.9 Å². The van der Waals surface area contributed by atoms with Crippen LogP contribution >= 0.6 is 11.6 Å². The summed E-state index contributed by atoms with van der Waals surface area (Å²) >= 11 is 6.35. The fourth-order valence-corrected chi connectivity index (χ4v) is 3.90. The van der Waals surface area contributed by atoms with E-state index in [0.29, 0.717) is 23.2 Å². The van der Waals surface area contributed by atoms with Crippen molar-refractivity contribution in [3.8, 4) is 16.8 Å². The van der Waals surface area contributed by atoms with E-state index in [1.165, 1.54) is 23.9 Å². The van der Waals surface area contributed by atoms with Gasteiger partial charge in [0.25, 0.3) is 11.8 Å². The number of hydrogen-bond acceptors (Lipinski definition) is 3. The van der Waals surface area contributed by atoms with Gasteiger partial charge in [-0.3, -0.25) is 9.59 Å². The fourth-order valence-electron chi connectivity index (χ4n) is 3.70. The number of hydrogen-bond donors (Lipinski definition) is 2. The molecule has 6 nitrogen and oxygen atoms in total. The van der Waals surface area contributed by atoms with Gasteiger partial charge in [-0.05, 0) is 47.9 Å². The van der Waals surface area contributed by atoms with Crippen LogP contribution < -0.4 is 10.6 Å². The number of benzene rings is 3. The highest BCUT2D eigenvalue weighted by Crippen LogP contribution is 2.31. The van der Waals surface area contributed by atoms with Crippen molar-refractivity contribution < 1.29 is 14.0 Å². The van der Waals surface area contributed by atoms with Crippen molar-refractivity contribution >= 4 is 29.2 Å². The molecule has 0 unspecified atom stereocenters. The molecule has 1 heterocycles. The predicted molar refractivity (Wildman–Crippen MR) is 131 cm³/mol. The lowest BCUT2D eigenvalue weighted by molar-refractivity contribution is 0.0956. The van der Waals surface area contributed by atoms with Crippen LogP contribution in [-0.2, 0) is 6.42 Å². The van der Waals surface area contributed by atoms with Crippen LogP contribution in [0.2, 0.25) is 5.02 Å². The number of aryl methyl sites for hydroxylation is 1. The third-order valence-electron chi connectivity index (χ3n) is 5.39. The lowest BCUT2D eigenvalue weighted by atomic mass is 9.96. The van der Waals surface area contributed by atoms with Gasteiger partial charge in [-0.2, -0.15) is 5.10 Å². The molecule has 0 aliphatic heterocycles. The number of rotatable bonds is 6. The monoisotopic (exact) mass is 476 g/mol. The lowest BCUT2D eigenvalue weighted by Gasteiger charge is -2.13. The molecule has 0 spiro atoms. The van der Waals surface area contributed by atoms with Crippen LogP contribution in [0.25, 0.3) is 16.8 Å². The number of carbonyl (C=O) groups is 2. The zero-order valence-electron chi connectivity index (χ0n) is 18.6. The number of carbonyl (C=O) groups excluding carboxylic acids is 2. The third kappa shape index (κ3) is 4.56. The van der Waals surface area contributed by atoms with Gasteiger partial charge in [0.05, 0.1) is 16.3 Å². The molecule has 2 N–H and O–H groups in total. The Hall–Kier alpha value is -3.97. The van der Waals surface area contributed by atoms with E-state index < -0.39 is 11.8 Å². The molecule has 2 amide bonds. The number of aromatic nitrogens is 2. The first-order chi connectivity index (χ1) is 16.4. The van der Waals surface area contributed by atoms with Gasteiger partial charge in [0.15, 0.2) is 5.69 Å². The largest absolute Gasteiger partial charge is 0.354 e. The molecular weight excluding hydrogens is 455 g/mol. The first kappa shape index (κ1) is 23.2. The summed E-state index contributed by atoms with van der Waals surface area (Å²) in [5.41, 5.74) is 2.78. The van der Waals surface area contributed by atoms with Gasteiger partial charge < -0.3 is 10.6 Å². The highest BCUT2D eigenvalue weighted by Gasteiger charge is 2.20. The van der Waals surface area contributed by atoms with Crippen molar-refractivity contribution in [2.75, 3.05) is 12.4 Å². The van der Waals surface area contributed by atoms with E-state index >= 15 is 0 Å². The molecule has 1 aromatic heterocycles. The fraction of sp³-hybridized carbons (Fsp3) is 0.115. The topological polar surface area (TPSA) is 76.0 Å². The van der Waals surface area contributed by atoms with Gasteiger partial charge in [0, 0.05) is 18.7 Å². The number of nitrogens with zero attached hydrogens (tertiary/aromatic N) is 2. The summed E-state index contributed by atoms with van der Waals surface area (Å²) in [5, 5.41) is 9.86. The summed E-state index contributed by atoms with van der Waals surface area (Å²) in [7, 11) is 1.50. The van der Waals surface area contributed by atoms with Crippen molar-refractivity contribution in [2.45, 2.75) is 13.3 Å². The van der Waals surface area contributed by atoms with E-state index in [0.717, 1.165) is 5.56 Å². The maximum Gasteiger partial charge on any atom is 0.271 e. The first-order valence-corrected chi connectivity index (χ1v) is 11.1. The Morgan fingerprint density at radius 2 is 1.76 bits per heavy atom. The van der Waals surface area contributed by atoms with Crippen molar-refractivity contribution in [1.29, 1.82) is 0 Å². The van der Waals surface area contributed by atoms with Crippen LogP contribution in [0.1, 0.15) is 33.3 Å². The van der Waals surface area contributed by atoms with Crippen molar-refractivity contribution in [3.05, 3.63) is 100 Å². The van der Waals surface area contributed by atoms with Crippen LogP contribution in [0.3, 0.4) is 0 Å². The molecule has 34 heavy (non-hydrogen) atoms. The smallest absolute Gasteiger partial charge is 0.271 e. The van der Waals surface area contributed by atoms with Gasteiger partial charge in [0.2, 0.25) is 0 Å². The SMILES string of the molecule is CCc1cccc(F)c1-c1ccc(Cl)c(C(=O)Nc2cc(C(=O)NC)nn2-c2ccccc2)c1. The van der Waals surface area contributed by atoms with Gasteiger partial charge >= 0.3 is 0 Å². The van der Waals surface area contributed by atoms with Crippen molar-refractivity contribution in [3.63, 3.8) is 0 Å². The molecule has 0 aliphatic carbocycles. The summed E-state index contributed by atoms with van der Waals surface area (Å²) in [5.74, 6) is -0.986. The molecule has 4 rings (SSSR count). The molecule has 0 atom stereocenters. The second kappa shape index (κ2) is 9.89. The van der Waals surface area contributed by atoms with Crippen LogP contribution in [0, 0.1) is 5.82 Å². The lowest BCUT2D eigenvalue weighted by Crippen LogP contribution is -2.18. The molecule has 0 aliphatic rings. The Labute approximate surface area is 201 Å². The zero-order valence-corrected chi connectivity index (χ0v) is 19.4. The Morgan fingerprint density at radius 1 is 1.00 bits per heavy atom. The number of anilines is 1. The van der Waals surface area contributed by atoms with Crippen LogP contribution in [0.4, 0.5) is 10.2 Å². The maximum atomic E-state index is 14.7. The summed E-state index contributed by atoms with van der Waals surface area (Å²) < 4.78 is 16.1. The third-order valence-corrected chi connectivity index (χ3v) is 5.72. The minimum atomic E-state index is -0.512. The van der Waals surface area contributed by atoms with Crippen molar-refractivity contribution in [1.82, 2.24) is 15.1 Å². The van der Waals surface area contributed by atoms with Crippen LogP contribution in [-0.4, -0.2) is 28.6 Å². The molecule has 172 valence electrons. The Morgan fingerprint density at radius 3 is 2.47 bits per heavy atom. The normalized spacial score (nSPS) is 10.7. The first-order valence-electron chi connectivity index (χ1n) is 10.7. The molecule has 4 aromatic rings. The minimum absolute atomic E-state index is 0.139. The molecular formula is C26H22ClFN4O2. The highest BCUT2D eigenvalue weighted by molar-refractivity contribution is 6.34. The zero-order chi connectivity index (χ0) is 24.2. The molecule has 0 radical (unpaired) electrons. The Balaban J connectivity index is 1.74. The molecule has 0 saturated carbocycles. The summed E-state index contributed by atoms with van der Waals surface area (Å²) in [6.45, 7) is 1.94. The Kier molecular flexibility index (Phi) is 6.75. The number of para-hydroxylation sites is 1. The van der Waals surface area contributed by atoms with Gasteiger partial charge in [-0.1, -0.05) is 54.9 Å². The summed E-state index contributed by atoms with van der Waals surface area (Å²) in [6.07, 6.45) is 0.635. The second-order valence-corrected chi connectivity index (χ2v) is 7.92. The minimum Gasteiger partial charge on any atom is -0.354 e. The average molecular weight is 477 g/mol. The average Bonchev–Trinajstić information content (AvgIpc) is 3.28. The molecule has 0 fully saturated rings. The molecule has 8 heteroatoms. The van der Waals surface area contributed by atoms with Crippen molar-refractivity contribution in [2.24, 2.45) is 0 Å². The molecule has 3 aromatic carbocycles. The molecule has 0 bridgehead atoms. The summed E-state index contributed by atoms with van der Waals surface area (Å²) in [6, 6.07) is 20.3. The second-order valence-electron chi connectivity index (χ2n) is 7.52. The van der Waals surface area contributed by atoms with E-state index in [1.54, 1.807) is 36.4 Å². The highest BCUT2D eigenvalue weighted by atomic mass is 35.5. The standard InChI is InChI=1S/C26H22ClFN4O2/c1-3-16-8-7-11-21(28)24(16)17-12-13-20(27)19(14-17)25(33)30-23-15-22(26(34)29-2)31-32(23)18-9-5-4-6-10-18/h4-15H,3H2,1-2H3,(H,29,34)(H,30,33). The van der Waals surface area contributed by atoms with Gasteiger partial charge in [-0.25, -0.2) is 9.07 Å². The van der Waals surface area contributed by atoms with Crippen LogP contribution in [0.5, 0.6) is 0 Å². The number of halogens is 2. The number of amides is 2.